The molecule has 0 aliphatic carbocycles. The lowest BCUT2D eigenvalue weighted by atomic mass is 10.1. The number of ether oxygens (including phenoxy) is 1. The molecule has 122 valence electrons. The van der Waals surface area contributed by atoms with E-state index in [-0.39, 0.29) is 12.5 Å². The standard InChI is InChI=1S/C17H20N2O4/c1-11-8-12(9-19-6-2-3-7-19)4-5-13(11)18-16-15(17(21)22)14(20)10-23-16/h4-5,8,18H,2-3,6-7,9-10H2,1H3,(H,21,22)/p-1. The molecule has 23 heavy (non-hydrogen) atoms. The van der Waals surface area contributed by atoms with E-state index in [1.807, 2.05) is 19.1 Å². The van der Waals surface area contributed by atoms with E-state index in [4.69, 9.17) is 4.74 Å². The first-order valence-corrected chi connectivity index (χ1v) is 7.75. The molecule has 1 aromatic rings. The smallest absolute Gasteiger partial charge is 0.207 e. The highest BCUT2D eigenvalue weighted by Crippen LogP contribution is 2.24. The largest absolute Gasteiger partial charge is 0.544 e. The van der Waals surface area contributed by atoms with Crippen LogP contribution in [0.2, 0.25) is 0 Å². The number of benzene rings is 1. The molecule has 1 aromatic carbocycles. The second kappa shape index (κ2) is 6.42. The number of carbonyl (C=O) groups is 2. The minimum absolute atomic E-state index is 0.0367. The number of rotatable bonds is 5. The van der Waals surface area contributed by atoms with Crippen molar-refractivity contribution in [1.82, 2.24) is 4.90 Å². The molecule has 6 heteroatoms. The third-order valence-corrected chi connectivity index (χ3v) is 4.20. The molecule has 0 saturated carbocycles. The number of aliphatic carboxylic acids is 1. The number of nitrogens with zero attached hydrogens (tertiary/aromatic N) is 1. The number of ketones is 1. The Labute approximate surface area is 134 Å². The highest BCUT2D eigenvalue weighted by molar-refractivity contribution is 6.18. The van der Waals surface area contributed by atoms with E-state index in [2.05, 4.69) is 16.3 Å². The van der Waals surface area contributed by atoms with Gasteiger partial charge in [0.2, 0.25) is 11.7 Å². The zero-order chi connectivity index (χ0) is 16.4. The van der Waals surface area contributed by atoms with Gasteiger partial charge in [0.05, 0.1) is 5.97 Å². The van der Waals surface area contributed by atoms with E-state index in [1.165, 1.54) is 18.4 Å². The van der Waals surface area contributed by atoms with E-state index in [1.54, 1.807) is 0 Å². The van der Waals surface area contributed by atoms with E-state index < -0.39 is 17.3 Å². The molecule has 0 atom stereocenters. The van der Waals surface area contributed by atoms with Gasteiger partial charge in [-0.05, 0) is 50.0 Å². The van der Waals surface area contributed by atoms with E-state index in [0.717, 1.165) is 30.9 Å². The molecule has 2 heterocycles. The number of likely N-dealkylation sites (tertiary alicyclic amines) is 1. The van der Waals surface area contributed by atoms with E-state index in [9.17, 15) is 14.7 Å². The molecule has 3 rings (SSSR count). The number of hydrogen-bond acceptors (Lipinski definition) is 6. The van der Waals surface area contributed by atoms with Gasteiger partial charge >= 0.3 is 0 Å². The summed E-state index contributed by atoms with van der Waals surface area (Å²) in [7, 11) is 0. The average Bonchev–Trinajstić information content (AvgIpc) is 3.12. The van der Waals surface area contributed by atoms with Crippen LogP contribution >= 0.6 is 0 Å². The van der Waals surface area contributed by atoms with Crippen LogP contribution in [-0.4, -0.2) is 36.3 Å². The topological polar surface area (TPSA) is 81.7 Å². The van der Waals surface area contributed by atoms with Crippen molar-refractivity contribution in [3.63, 3.8) is 0 Å². The molecule has 1 N–H and O–H groups in total. The SMILES string of the molecule is Cc1cc(CN2CCCC2)ccc1NC1=C(C(=O)[O-])C(=O)CO1. The second-order valence-corrected chi connectivity index (χ2v) is 5.96. The quantitative estimate of drug-likeness (QED) is 0.800. The summed E-state index contributed by atoms with van der Waals surface area (Å²) in [6, 6.07) is 5.95. The maximum Gasteiger partial charge on any atom is 0.207 e. The Morgan fingerprint density at radius 2 is 2.09 bits per heavy atom. The number of carboxylic acids is 1. The lowest BCUT2D eigenvalue weighted by Gasteiger charge is -2.17. The summed E-state index contributed by atoms with van der Waals surface area (Å²) >= 11 is 0. The van der Waals surface area contributed by atoms with Crippen molar-refractivity contribution < 1.29 is 19.4 Å². The first-order chi connectivity index (χ1) is 11.0. The predicted octanol–water partition coefficient (Wildman–Crippen LogP) is 0.564. The predicted molar refractivity (Wildman–Crippen MR) is 82.3 cm³/mol. The van der Waals surface area contributed by atoms with Gasteiger partial charge in [-0.15, -0.1) is 0 Å². The molecule has 0 unspecified atom stereocenters. The molecule has 1 fully saturated rings. The average molecular weight is 315 g/mol. The monoisotopic (exact) mass is 315 g/mol. The Bertz CT molecular complexity index is 675. The van der Waals surface area contributed by atoms with Gasteiger partial charge in [0.1, 0.15) is 5.57 Å². The zero-order valence-corrected chi connectivity index (χ0v) is 13.1. The molecular weight excluding hydrogens is 296 g/mol. The molecule has 6 nitrogen and oxygen atoms in total. The van der Waals surface area contributed by atoms with Gasteiger partial charge in [0.15, 0.2) is 6.61 Å². The summed E-state index contributed by atoms with van der Waals surface area (Å²) in [5.74, 6) is -2.13. The lowest BCUT2D eigenvalue weighted by Crippen LogP contribution is -2.29. The molecule has 0 bridgehead atoms. The van der Waals surface area contributed by atoms with Crippen molar-refractivity contribution in [2.24, 2.45) is 0 Å². The van der Waals surface area contributed by atoms with Crippen LogP contribution in [0.25, 0.3) is 0 Å². The Hall–Kier alpha value is -2.34. The van der Waals surface area contributed by atoms with Crippen molar-refractivity contribution in [2.75, 3.05) is 25.0 Å². The number of anilines is 1. The van der Waals surface area contributed by atoms with Crippen molar-refractivity contribution in [3.8, 4) is 0 Å². The van der Waals surface area contributed by atoms with Crippen LogP contribution in [0.5, 0.6) is 0 Å². The number of carbonyl (C=O) groups excluding carboxylic acids is 2. The first-order valence-electron chi connectivity index (χ1n) is 7.75. The minimum Gasteiger partial charge on any atom is -0.544 e. The fourth-order valence-corrected chi connectivity index (χ4v) is 3.00. The van der Waals surface area contributed by atoms with Gasteiger partial charge in [-0.1, -0.05) is 12.1 Å². The maximum atomic E-state index is 11.5. The Kier molecular flexibility index (Phi) is 4.34. The summed E-state index contributed by atoms with van der Waals surface area (Å²) in [5.41, 5.74) is 2.48. The second-order valence-electron chi connectivity index (χ2n) is 5.96. The third-order valence-electron chi connectivity index (χ3n) is 4.20. The molecule has 1 saturated heterocycles. The van der Waals surface area contributed by atoms with Gasteiger partial charge in [0, 0.05) is 12.2 Å². The van der Waals surface area contributed by atoms with E-state index >= 15 is 0 Å². The number of aryl methyl sites for hydroxylation is 1. The van der Waals surface area contributed by atoms with Gasteiger partial charge in [-0.2, -0.15) is 0 Å². The number of hydrogen-bond donors (Lipinski definition) is 1. The molecule has 2 aliphatic rings. The van der Waals surface area contributed by atoms with E-state index in [0.29, 0.717) is 0 Å². The molecule has 0 spiro atoms. The summed E-state index contributed by atoms with van der Waals surface area (Å²) < 4.78 is 5.13. The van der Waals surface area contributed by atoms with Crippen molar-refractivity contribution >= 4 is 17.4 Å². The van der Waals surface area contributed by atoms with Crippen LogP contribution in [0.1, 0.15) is 24.0 Å². The van der Waals surface area contributed by atoms with Crippen molar-refractivity contribution in [3.05, 3.63) is 40.8 Å². The van der Waals surface area contributed by atoms with Crippen LogP contribution < -0.4 is 10.4 Å². The van der Waals surface area contributed by atoms with Crippen LogP contribution in [0, 0.1) is 6.92 Å². The fraction of sp³-hybridized carbons (Fsp3) is 0.412. The van der Waals surface area contributed by atoms with Gasteiger partial charge < -0.3 is 20.0 Å². The Balaban J connectivity index is 1.76. The summed E-state index contributed by atoms with van der Waals surface area (Å²) in [6.45, 7) is 4.86. The van der Waals surface area contributed by atoms with Gasteiger partial charge in [-0.25, -0.2) is 0 Å². The number of carboxylic acid groups (broad SMARTS) is 1. The summed E-state index contributed by atoms with van der Waals surface area (Å²) in [5, 5.41) is 13.9. The Morgan fingerprint density at radius 1 is 1.35 bits per heavy atom. The molecule has 0 radical (unpaired) electrons. The first kappa shape index (κ1) is 15.6. The van der Waals surface area contributed by atoms with Crippen LogP contribution in [-0.2, 0) is 20.9 Å². The summed E-state index contributed by atoms with van der Waals surface area (Å²) in [4.78, 5) is 24.9. The van der Waals surface area contributed by atoms with Crippen LogP contribution in [0.3, 0.4) is 0 Å². The Morgan fingerprint density at radius 3 is 2.74 bits per heavy atom. The highest BCUT2D eigenvalue weighted by Gasteiger charge is 2.26. The van der Waals surface area contributed by atoms with Gasteiger partial charge in [-0.3, -0.25) is 9.69 Å². The van der Waals surface area contributed by atoms with Crippen LogP contribution in [0.15, 0.2) is 29.7 Å². The molecule has 0 aromatic heterocycles. The molecular formula is C17H19N2O4-. The fourth-order valence-electron chi connectivity index (χ4n) is 3.00. The van der Waals surface area contributed by atoms with Gasteiger partial charge in [0.25, 0.3) is 0 Å². The van der Waals surface area contributed by atoms with Crippen molar-refractivity contribution in [2.45, 2.75) is 26.3 Å². The maximum absolute atomic E-state index is 11.5. The van der Waals surface area contributed by atoms with Crippen molar-refractivity contribution in [1.29, 1.82) is 0 Å². The molecule has 2 aliphatic heterocycles. The lowest BCUT2D eigenvalue weighted by molar-refractivity contribution is -0.298. The zero-order valence-electron chi connectivity index (χ0n) is 13.1. The number of Topliss-reactive ketones (excluding diaryl/α,β-unsaturated/α-hetero) is 1. The molecule has 0 amide bonds. The van der Waals surface area contributed by atoms with Crippen LogP contribution in [0.4, 0.5) is 5.69 Å². The normalized spacial score (nSPS) is 18.4. The number of nitrogens with one attached hydrogen (secondary N) is 1. The summed E-state index contributed by atoms with van der Waals surface area (Å²) in [6.07, 6.45) is 2.51. The highest BCUT2D eigenvalue weighted by atomic mass is 16.5. The third kappa shape index (κ3) is 3.37. The minimum atomic E-state index is -1.52.